The fourth-order valence-electron chi connectivity index (χ4n) is 1.58. The van der Waals surface area contributed by atoms with Crippen LogP contribution in [0, 0.1) is 13.8 Å². The van der Waals surface area contributed by atoms with E-state index in [4.69, 9.17) is 0 Å². The van der Waals surface area contributed by atoms with E-state index in [9.17, 15) is 13.2 Å². The molecule has 2 aromatic heterocycles. The Balaban J connectivity index is 2.19. The molecule has 2 N–H and O–H groups in total. The number of nitrogens with one attached hydrogen (secondary N) is 2. The van der Waals surface area contributed by atoms with Crippen molar-refractivity contribution in [2.45, 2.75) is 24.6 Å². The third kappa shape index (κ3) is 3.28. The third-order valence-corrected chi connectivity index (χ3v) is 5.42. The van der Waals surface area contributed by atoms with Gasteiger partial charge in [-0.25, -0.2) is 13.1 Å². The van der Waals surface area contributed by atoms with Gasteiger partial charge in [0.1, 0.15) is 0 Å². The molecule has 8 heteroatoms. The predicted octanol–water partition coefficient (Wildman–Crippen LogP) is 0.927. The molecule has 0 aromatic carbocycles. The molecule has 2 heterocycles. The Morgan fingerprint density at radius 2 is 2.11 bits per heavy atom. The van der Waals surface area contributed by atoms with Gasteiger partial charge in [0.25, 0.3) is 10.0 Å². The molecule has 0 fully saturated rings. The van der Waals surface area contributed by atoms with E-state index in [1.165, 1.54) is 0 Å². The number of rotatable bonds is 4. The molecule has 0 aliphatic carbocycles. The molecular weight excluding hydrogens is 286 g/mol. The van der Waals surface area contributed by atoms with Crippen molar-refractivity contribution in [3.8, 4) is 0 Å². The van der Waals surface area contributed by atoms with Gasteiger partial charge in [-0.15, -0.1) is 0 Å². The molecule has 0 radical (unpaired) electrons. The van der Waals surface area contributed by atoms with E-state index >= 15 is 0 Å². The number of pyridine rings is 1. The normalized spacial score (nSPS) is 11.7. The molecule has 0 amide bonds. The van der Waals surface area contributed by atoms with Gasteiger partial charge < -0.3 is 4.98 Å². The molecule has 0 saturated carbocycles. The number of H-pyrrole nitrogens is 1. The number of hydrogen-bond acceptors (Lipinski definition) is 5. The highest BCUT2D eigenvalue weighted by molar-refractivity contribution is 7.91. The van der Waals surface area contributed by atoms with E-state index < -0.39 is 10.0 Å². The van der Waals surface area contributed by atoms with Gasteiger partial charge in [0, 0.05) is 11.4 Å². The lowest BCUT2D eigenvalue weighted by atomic mass is 10.3. The lowest BCUT2D eigenvalue weighted by Gasteiger charge is -2.05. The van der Waals surface area contributed by atoms with Gasteiger partial charge >= 0.3 is 4.87 Å². The van der Waals surface area contributed by atoms with Crippen LogP contribution in [0.15, 0.2) is 27.2 Å². The molecule has 2 aromatic rings. The Bertz CT molecular complexity index is 747. The Hall–Kier alpha value is -1.51. The number of aromatic amines is 1. The Morgan fingerprint density at radius 3 is 2.68 bits per heavy atom. The number of nitrogens with zero attached hydrogens (tertiary/aromatic N) is 1. The van der Waals surface area contributed by atoms with Crippen molar-refractivity contribution in [2.24, 2.45) is 0 Å². The van der Waals surface area contributed by atoms with E-state index in [1.807, 2.05) is 19.1 Å². The summed E-state index contributed by atoms with van der Waals surface area (Å²) in [6, 6.07) is 5.38. The van der Waals surface area contributed by atoms with Gasteiger partial charge in [0.05, 0.1) is 12.2 Å². The highest BCUT2D eigenvalue weighted by Gasteiger charge is 2.20. The van der Waals surface area contributed by atoms with Gasteiger partial charge in [-0.3, -0.25) is 9.78 Å². The van der Waals surface area contributed by atoms with Crippen molar-refractivity contribution in [2.75, 3.05) is 0 Å². The van der Waals surface area contributed by atoms with Crippen LogP contribution in [0.1, 0.15) is 17.1 Å². The fourth-order valence-corrected chi connectivity index (χ4v) is 3.92. The van der Waals surface area contributed by atoms with Crippen LogP contribution in [-0.2, 0) is 16.6 Å². The maximum absolute atomic E-state index is 12.0. The molecular formula is C11H13N3O3S2. The molecule has 0 spiro atoms. The van der Waals surface area contributed by atoms with E-state index in [-0.39, 0.29) is 15.6 Å². The Kier molecular flexibility index (Phi) is 3.83. The second-order valence-corrected chi connectivity index (χ2v) is 6.97. The van der Waals surface area contributed by atoms with Crippen LogP contribution in [0.3, 0.4) is 0 Å². The fraction of sp³-hybridized carbons (Fsp3) is 0.273. The lowest BCUT2D eigenvalue weighted by Crippen LogP contribution is -2.23. The van der Waals surface area contributed by atoms with Crippen molar-refractivity contribution in [1.82, 2.24) is 14.7 Å². The lowest BCUT2D eigenvalue weighted by molar-refractivity contribution is 0.581. The standard InChI is InChI=1S/C11H13N3O3S2/c1-7-4-3-5-9(13-7)6-12-19(16,17)10-8(2)14-11(15)18-10/h3-5,12H,6H2,1-2H3,(H,14,15). The molecule has 0 unspecified atom stereocenters. The summed E-state index contributed by atoms with van der Waals surface area (Å²) >= 11 is 0.678. The highest BCUT2D eigenvalue weighted by Crippen LogP contribution is 2.15. The van der Waals surface area contributed by atoms with Crippen LogP contribution >= 0.6 is 11.3 Å². The van der Waals surface area contributed by atoms with Crippen LogP contribution in [0.25, 0.3) is 0 Å². The summed E-state index contributed by atoms with van der Waals surface area (Å²) in [4.78, 5) is 17.4. The van der Waals surface area contributed by atoms with Gasteiger partial charge in [0.15, 0.2) is 4.21 Å². The minimum atomic E-state index is -3.68. The summed E-state index contributed by atoms with van der Waals surface area (Å²) in [5.74, 6) is 0. The van der Waals surface area contributed by atoms with Crippen LogP contribution in [0.2, 0.25) is 0 Å². The zero-order valence-corrected chi connectivity index (χ0v) is 12.1. The molecule has 0 aliphatic heterocycles. The molecule has 0 bridgehead atoms. The van der Waals surface area contributed by atoms with Crippen LogP contribution < -0.4 is 9.60 Å². The molecule has 0 aliphatic rings. The van der Waals surface area contributed by atoms with Crippen LogP contribution in [-0.4, -0.2) is 18.4 Å². The van der Waals surface area contributed by atoms with Crippen molar-refractivity contribution in [3.63, 3.8) is 0 Å². The second kappa shape index (κ2) is 5.24. The summed E-state index contributed by atoms with van der Waals surface area (Å²) in [6.45, 7) is 3.48. The quantitative estimate of drug-likeness (QED) is 0.878. The number of hydrogen-bond donors (Lipinski definition) is 2. The summed E-state index contributed by atoms with van der Waals surface area (Å²) in [6.07, 6.45) is 0. The molecule has 6 nitrogen and oxygen atoms in total. The third-order valence-electron chi connectivity index (χ3n) is 2.41. The van der Waals surface area contributed by atoms with Crippen molar-refractivity contribution >= 4 is 21.4 Å². The van der Waals surface area contributed by atoms with Gasteiger partial charge in [-0.2, -0.15) is 0 Å². The second-order valence-electron chi connectivity index (χ2n) is 4.02. The summed E-state index contributed by atoms with van der Waals surface area (Å²) < 4.78 is 26.5. The number of thiazole rings is 1. The van der Waals surface area contributed by atoms with E-state index in [0.29, 0.717) is 22.7 Å². The van der Waals surface area contributed by atoms with E-state index in [2.05, 4.69) is 14.7 Å². The van der Waals surface area contributed by atoms with Gasteiger partial charge in [-0.1, -0.05) is 17.4 Å². The number of aromatic nitrogens is 2. The maximum Gasteiger partial charge on any atom is 0.305 e. The molecule has 19 heavy (non-hydrogen) atoms. The summed E-state index contributed by atoms with van der Waals surface area (Å²) in [5, 5.41) is 0. The summed E-state index contributed by atoms with van der Waals surface area (Å²) in [7, 11) is -3.68. The monoisotopic (exact) mass is 299 g/mol. The smallest absolute Gasteiger partial charge is 0.305 e. The minimum Gasteiger partial charge on any atom is -0.315 e. The van der Waals surface area contributed by atoms with Crippen molar-refractivity contribution in [3.05, 3.63) is 44.9 Å². The number of aryl methyl sites for hydroxylation is 2. The Labute approximate surface area is 114 Å². The SMILES string of the molecule is Cc1cccc(CNS(=O)(=O)c2sc(=O)[nH]c2C)n1. The molecule has 102 valence electrons. The minimum absolute atomic E-state index is 0.0187. The molecule has 2 rings (SSSR count). The first-order valence-corrected chi connectivity index (χ1v) is 7.80. The first-order valence-electron chi connectivity index (χ1n) is 5.50. The largest absolute Gasteiger partial charge is 0.315 e. The Morgan fingerprint density at radius 1 is 1.37 bits per heavy atom. The number of sulfonamides is 1. The van der Waals surface area contributed by atoms with E-state index in [1.54, 1.807) is 13.0 Å². The van der Waals surface area contributed by atoms with Crippen molar-refractivity contribution < 1.29 is 8.42 Å². The average molecular weight is 299 g/mol. The van der Waals surface area contributed by atoms with Crippen molar-refractivity contribution in [1.29, 1.82) is 0 Å². The first-order chi connectivity index (χ1) is 8.88. The van der Waals surface area contributed by atoms with E-state index in [0.717, 1.165) is 5.69 Å². The average Bonchev–Trinajstić information content (AvgIpc) is 2.67. The zero-order chi connectivity index (χ0) is 14.0. The van der Waals surface area contributed by atoms with Crippen LogP contribution in [0.4, 0.5) is 0 Å². The molecule has 0 atom stereocenters. The first kappa shape index (κ1) is 13.9. The van der Waals surface area contributed by atoms with Gasteiger partial charge in [-0.05, 0) is 26.0 Å². The maximum atomic E-state index is 12.0. The predicted molar refractivity (Wildman–Crippen MR) is 72.7 cm³/mol. The highest BCUT2D eigenvalue weighted by atomic mass is 32.2. The molecule has 0 saturated heterocycles. The van der Waals surface area contributed by atoms with Crippen LogP contribution in [0.5, 0.6) is 0 Å². The topological polar surface area (TPSA) is 91.9 Å². The zero-order valence-electron chi connectivity index (χ0n) is 10.4. The summed E-state index contributed by atoms with van der Waals surface area (Å²) in [5.41, 5.74) is 1.79. The van der Waals surface area contributed by atoms with Gasteiger partial charge in [0.2, 0.25) is 0 Å².